The van der Waals surface area contributed by atoms with E-state index in [2.05, 4.69) is 95.8 Å². The van der Waals surface area contributed by atoms with Crippen LogP contribution in [0.2, 0.25) is 0 Å². The van der Waals surface area contributed by atoms with Crippen LogP contribution in [0.15, 0.2) is 83.4 Å². The first kappa shape index (κ1) is 21.4. The lowest BCUT2D eigenvalue weighted by Crippen LogP contribution is -2.32. The molecule has 4 aromatic rings. The first-order valence-corrected chi connectivity index (χ1v) is 12.7. The average molecular weight is 449 g/mol. The van der Waals surface area contributed by atoms with Crippen LogP contribution in [0.5, 0.6) is 0 Å². The summed E-state index contributed by atoms with van der Waals surface area (Å²) in [5.74, 6) is 2.39. The van der Waals surface area contributed by atoms with Crippen molar-refractivity contribution in [1.82, 2.24) is 10.1 Å². The quantitative estimate of drug-likeness (QED) is 0.304. The van der Waals surface area contributed by atoms with Crippen molar-refractivity contribution >= 4 is 0 Å². The summed E-state index contributed by atoms with van der Waals surface area (Å²) in [5.41, 5.74) is 8.80. The summed E-state index contributed by atoms with van der Waals surface area (Å²) in [6, 6.07) is 28.8. The maximum absolute atomic E-state index is 5.83. The lowest BCUT2D eigenvalue weighted by atomic mass is 9.89. The van der Waals surface area contributed by atoms with Crippen LogP contribution in [0.3, 0.4) is 0 Å². The molecule has 0 N–H and O–H groups in total. The van der Waals surface area contributed by atoms with Gasteiger partial charge >= 0.3 is 0 Å². The zero-order valence-electron chi connectivity index (χ0n) is 19.9. The number of aryl methyl sites for hydroxylation is 1. The van der Waals surface area contributed by atoms with Crippen LogP contribution in [-0.4, -0.2) is 23.1 Å². The van der Waals surface area contributed by atoms with Crippen molar-refractivity contribution in [3.8, 4) is 22.5 Å². The molecule has 0 amide bonds. The van der Waals surface area contributed by atoms with Gasteiger partial charge in [-0.1, -0.05) is 84.0 Å². The number of likely N-dealkylation sites (tertiary alicyclic amines) is 1. The molecule has 1 aliphatic carbocycles. The van der Waals surface area contributed by atoms with Crippen molar-refractivity contribution in [2.45, 2.75) is 51.0 Å². The van der Waals surface area contributed by atoms with Gasteiger partial charge in [-0.2, -0.15) is 0 Å². The zero-order chi connectivity index (χ0) is 22.9. The summed E-state index contributed by atoms with van der Waals surface area (Å²) in [7, 11) is 0. The molecule has 3 aromatic carbocycles. The molecule has 0 radical (unpaired) electrons. The molecular formula is C31H32N2O. The third-order valence-electron chi connectivity index (χ3n) is 7.66. The van der Waals surface area contributed by atoms with Gasteiger partial charge in [-0.05, 0) is 79.8 Å². The largest absolute Gasteiger partial charge is 0.356 e. The Balaban J connectivity index is 1.14. The molecule has 0 bridgehead atoms. The van der Waals surface area contributed by atoms with Crippen molar-refractivity contribution < 1.29 is 4.52 Å². The van der Waals surface area contributed by atoms with Gasteiger partial charge in [-0.25, -0.2) is 0 Å². The summed E-state index contributed by atoms with van der Waals surface area (Å²) in [6.07, 6.45) is 5.10. The van der Waals surface area contributed by atoms with E-state index < -0.39 is 0 Å². The number of piperidine rings is 1. The third-order valence-corrected chi connectivity index (χ3v) is 7.66. The third kappa shape index (κ3) is 4.45. The van der Waals surface area contributed by atoms with Crippen LogP contribution in [0.25, 0.3) is 22.5 Å². The Morgan fingerprint density at radius 1 is 0.706 bits per heavy atom. The van der Waals surface area contributed by atoms with Crippen LogP contribution in [0.4, 0.5) is 0 Å². The van der Waals surface area contributed by atoms with Crippen LogP contribution >= 0.6 is 0 Å². The number of rotatable bonds is 6. The highest BCUT2D eigenvalue weighted by Gasteiger charge is 2.24. The van der Waals surface area contributed by atoms with E-state index in [-0.39, 0.29) is 0 Å². The number of aromatic nitrogens is 1. The second-order valence-corrected chi connectivity index (χ2v) is 10.0. The predicted octanol–water partition coefficient (Wildman–Crippen LogP) is 7.57. The molecule has 3 heteroatoms. The molecule has 1 saturated heterocycles. The highest BCUT2D eigenvalue weighted by molar-refractivity contribution is 5.70. The zero-order valence-corrected chi connectivity index (χ0v) is 19.9. The SMILES string of the molecule is Cc1noc(-c2ccc(-c3ccc(C4CC4)cc3)cc2)c1CN1CCC(c2ccccc2)CC1. The number of nitrogens with zero attached hydrogens (tertiary/aromatic N) is 2. The molecule has 3 nitrogen and oxygen atoms in total. The Morgan fingerprint density at radius 2 is 1.26 bits per heavy atom. The highest BCUT2D eigenvalue weighted by Crippen LogP contribution is 2.40. The molecule has 2 heterocycles. The van der Waals surface area contributed by atoms with Crippen molar-refractivity contribution in [2.24, 2.45) is 0 Å². The maximum atomic E-state index is 5.83. The molecule has 0 unspecified atom stereocenters. The first-order valence-electron chi connectivity index (χ1n) is 12.7. The van der Waals surface area contributed by atoms with Gasteiger partial charge < -0.3 is 4.52 Å². The highest BCUT2D eigenvalue weighted by atomic mass is 16.5. The summed E-state index contributed by atoms with van der Waals surface area (Å²) in [4.78, 5) is 2.55. The van der Waals surface area contributed by atoms with Crippen molar-refractivity contribution in [2.75, 3.05) is 13.1 Å². The predicted molar refractivity (Wildman–Crippen MR) is 138 cm³/mol. The van der Waals surface area contributed by atoms with E-state index in [1.807, 2.05) is 0 Å². The molecular weight excluding hydrogens is 416 g/mol. The fourth-order valence-corrected chi connectivity index (χ4v) is 5.35. The van der Waals surface area contributed by atoms with Gasteiger partial charge in [0, 0.05) is 17.7 Å². The summed E-state index contributed by atoms with van der Waals surface area (Å²) in [6.45, 7) is 5.18. The van der Waals surface area contributed by atoms with Gasteiger partial charge in [0.1, 0.15) is 0 Å². The van der Waals surface area contributed by atoms with Gasteiger partial charge in [0.05, 0.1) is 5.69 Å². The van der Waals surface area contributed by atoms with Gasteiger partial charge in [0.25, 0.3) is 0 Å². The van der Waals surface area contributed by atoms with E-state index >= 15 is 0 Å². The minimum atomic E-state index is 0.673. The minimum absolute atomic E-state index is 0.673. The molecule has 1 aliphatic heterocycles. The summed E-state index contributed by atoms with van der Waals surface area (Å²) in [5, 5.41) is 4.33. The fraction of sp³-hybridized carbons (Fsp3) is 0.323. The molecule has 0 spiro atoms. The molecule has 34 heavy (non-hydrogen) atoms. The van der Waals surface area contributed by atoms with Crippen LogP contribution < -0.4 is 0 Å². The van der Waals surface area contributed by atoms with Crippen LogP contribution in [0, 0.1) is 6.92 Å². The van der Waals surface area contributed by atoms with E-state index in [0.29, 0.717) is 5.92 Å². The normalized spacial score (nSPS) is 17.2. The Morgan fingerprint density at radius 3 is 1.91 bits per heavy atom. The van der Waals surface area contributed by atoms with Gasteiger partial charge in [0.15, 0.2) is 5.76 Å². The van der Waals surface area contributed by atoms with Crippen molar-refractivity contribution in [1.29, 1.82) is 0 Å². The maximum Gasteiger partial charge on any atom is 0.171 e. The fourth-order valence-electron chi connectivity index (χ4n) is 5.35. The second-order valence-electron chi connectivity index (χ2n) is 10.0. The van der Waals surface area contributed by atoms with Gasteiger partial charge in [0.2, 0.25) is 0 Å². The molecule has 2 fully saturated rings. The van der Waals surface area contributed by atoms with E-state index in [1.54, 1.807) is 0 Å². The minimum Gasteiger partial charge on any atom is -0.356 e. The Labute approximate surface area is 202 Å². The lowest BCUT2D eigenvalue weighted by Gasteiger charge is -2.32. The summed E-state index contributed by atoms with van der Waals surface area (Å²) >= 11 is 0. The molecule has 1 aromatic heterocycles. The molecule has 0 atom stereocenters. The smallest absolute Gasteiger partial charge is 0.171 e. The van der Waals surface area contributed by atoms with Crippen molar-refractivity contribution in [3.05, 3.63) is 101 Å². The molecule has 6 rings (SSSR count). The van der Waals surface area contributed by atoms with E-state index in [1.165, 1.54) is 53.5 Å². The van der Waals surface area contributed by atoms with Gasteiger partial charge in [-0.3, -0.25) is 4.90 Å². The second kappa shape index (κ2) is 9.23. The molecule has 2 aliphatic rings. The van der Waals surface area contributed by atoms with Crippen molar-refractivity contribution in [3.63, 3.8) is 0 Å². The Kier molecular flexibility index (Phi) is 5.80. The van der Waals surface area contributed by atoms with E-state index in [0.717, 1.165) is 42.6 Å². The van der Waals surface area contributed by atoms with E-state index in [4.69, 9.17) is 4.52 Å². The number of benzene rings is 3. The number of hydrogen-bond acceptors (Lipinski definition) is 3. The average Bonchev–Trinajstić information content (AvgIpc) is 3.69. The van der Waals surface area contributed by atoms with Crippen LogP contribution in [-0.2, 0) is 6.54 Å². The Hall–Kier alpha value is -3.17. The Bertz CT molecular complexity index is 1230. The molecule has 1 saturated carbocycles. The topological polar surface area (TPSA) is 29.3 Å². The lowest BCUT2D eigenvalue weighted by molar-refractivity contribution is 0.204. The standard InChI is InChI=1S/C31H32N2O/c1-22-30(21-33-19-17-28(18-20-33)23-5-3-2-4-6-23)31(34-32-22)29-15-13-27(14-16-29)26-11-9-25(10-12-26)24-7-8-24/h2-6,9-16,24,28H,7-8,17-21H2,1H3. The number of hydrogen-bond donors (Lipinski definition) is 0. The van der Waals surface area contributed by atoms with Crippen LogP contribution in [0.1, 0.15) is 59.9 Å². The molecule has 172 valence electrons. The van der Waals surface area contributed by atoms with Gasteiger partial charge in [-0.15, -0.1) is 0 Å². The first-order chi connectivity index (χ1) is 16.7. The monoisotopic (exact) mass is 448 g/mol. The summed E-state index contributed by atoms with van der Waals surface area (Å²) < 4.78 is 5.83. The van der Waals surface area contributed by atoms with E-state index in [9.17, 15) is 0 Å².